The summed E-state index contributed by atoms with van der Waals surface area (Å²) in [4.78, 5) is 14.7. The molecule has 0 aromatic carbocycles. The number of rotatable bonds is 4. The smallest absolute Gasteiger partial charge is 0.229 e. The number of nitrogens with zero attached hydrogens (tertiary/aromatic N) is 1. The van der Waals surface area contributed by atoms with Gasteiger partial charge in [0.1, 0.15) is 4.33 Å². The zero-order chi connectivity index (χ0) is 15.2. The maximum atomic E-state index is 12.2. The van der Waals surface area contributed by atoms with Gasteiger partial charge < -0.3 is 5.32 Å². The second kappa shape index (κ2) is 5.33. The molecule has 2 fully saturated rings. The van der Waals surface area contributed by atoms with Crippen LogP contribution in [0.4, 0.5) is 0 Å². The van der Waals surface area contributed by atoms with E-state index in [1.54, 1.807) is 0 Å². The van der Waals surface area contributed by atoms with Crippen molar-refractivity contribution in [3.8, 4) is 0 Å². The molecule has 0 aromatic heterocycles. The molecule has 0 spiro atoms. The van der Waals surface area contributed by atoms with Gasteiger partial charge in [-0.1, -0.05) is 6.92 Å². The van der Waals surface area contributed by atoms with E-state index in [0.29, 0.717) is 13.0 Å². The Hall–Kier alpha value is 0.01000. The molecule has 2 rings (SSSR count). The Morgan fingerprint density at radius 3 is 2.55 bits per heavy atom. The summed E-state index contributed by atoms with van der Waals surface area (Å²) in [6, 6.07) is 0. The van der Waals surface area contributed by atoms with Crippen LogP contribution >= 0.6 is 23.2 Å². The fraction of sp³-hybridized carbons (Fsp3) is 0.933. The average Bonchev–Trinajstić information content (AvgIpc) is 2.87. The van der Waals surface area contributed by atoms with Crippen molar-refractivity contribution in [2.45, 2.75) is 56.8 Å². The summed E-state index contributed by atoms with van der Waals surface area (Å²) in [5.74, 6) is 0.707. The Labute approximate surface area is 132 Å². The molecule has 116 valence electrons. The van der Waals surface area contributed by atoms with Crippen molar-refractivity contribution in [2.75, 3.05) is 19.6 Å². The van der Waals surface area contributed by atoms with Crippen LogP contribution in [0.2, 0.25) is 0 Å². The van der Waals surface area contributed by atoms with Gasteiger partial charge in [0.15, 0.2) is 0 Å². The van der Waals surface area contributed by atoms with E-state index >= 15 is 0 Å². The summed E-state index contributed by atoms with van der Waals surface area (Å²) in [5, 5.41) is 3.04. The Kier molecular flexibility index (Phi) is 4.37. The van der Waals surface area contributed by atoms with Crippen LogP contribution in [0.25, 0.3) is 0 Å². The highest BCUT2D eigenvalue weighted by Gasteiger charge is 2.67. The average molecular weight is 321 g/mol. The Morgan fingerprint density at radius 2 is 2.05 bits per heavy atom. The van der Waals surface area contributed by atoms with E-state index in [1.807, 2.05) is 6.92 Å². The molecule has 1 aliphatic heterocycles. The second-order valence-corrected chi connectivity index (χ2v) is 8.89. The third-order valence-corrected chi connectivity index (χ3v) is 6.06. The Balaban J connectivity index is 1.88. The predicted molar refractivity (Wildman–Crippen MR) is 84.2 cm³/mol. The monoisotopic (exact) mass is 320 g/mol. The number of piperidine rings is 1. The van der Waals surface area contributed by atoms with Crippen molar-refractivity contribution in [2.24, 2.45) is 11.3 Å². The van der Waals surface area contributed by atoms with Crippen molar-refractivity contribution in [1.82, 2.24) is 10.2 Å². The number of amides is 1. The van der Waals surface area contributed by atoms with Gasteiger partial charge in [0, 0.05) is 18.6 Å². The minimum Gasteiger partial charge on any atom is -0.354 e. The quantitative estimate of drug-likeness (QED) is 0.807. The molecule has 5 heteroatoms. The number of carbonyl (C=O) groups excluding carboxylic acids is 1. The minimum atomic E-state index is -0.888. The van der Waals surface area contributed by atoms with Gasteiger partial charge in [0.05, 0.1) is 5.41 Å². The van der Waals surface area contributed by atoms with Gasteiger partial charge >= 0.3 is 0 Å². The number of nitrogens with one attached hydrogen (secondary N) is 1. The molecule has 2 aliphatic rings. The third-order valence-electron chi connectivity index (χ3n) is 4.95. The van der Waals surface area contributed by atoms with Gasteiger partial charge in [-0.15, -0.1) is 23.2 Å². The molecule has 1 N–H and O–H groups in total. The molecule has 1 heterocycles. The standard InChI is InChI=1S/C15H26Cl2N2O/c1-11-6-5-7-19(8-11)13(2,3)10-18-12(20)14(4)9-15(14,16)17/h11H,5-10H2,1-4H3,(H,18,20)/t11-,14-/m0/s1. The lowest BCUT2D eigenvalue weighted by Gasteiger charge is -2.43. The first-order valence-electron chi connectivity index (χ1n) is 7.50. The lowest BCUT2D eigenvalue weighted by atomic mass is 9.93. The number of carbonyl (C=O) groups is 1. The SMILES string of the molecule is C[C@H]1CCCN(C(C)(C)CNC(=O)[C@]2(C)CC2(Cl)Cl)C1. The van der Waals surface area contributed by atoms with Crippen molar-refractivity contribution < 1.29 is 4.79 Å². The normalized spacial score (nSPS) is 33.8. The van der Waals surface area contributed by atoms with Crippen LogP contribution in [0.3, 0.4) is 0 Å². The molecule has 2 atom stereocenters. The fourth-order valence-electron chi connectivity index (χ4n) is 2.99. The molecule has 0 radical (unpaired) electrons. The molecule has 1 saturated heterocycles. The van der Waals surface area contributed by atoms with E-state index < -0.39 is 9.75 Å². The molecule has 0 aromatic rings. The minimum absolute atomic E-state index is 0.0272. The molecule has 0 unspecified atom stereocenters. The van der Waals surface area contributed by atoms with E-state index in [0.717, 1.165) is 19.0 Å². The highest BCUT2D eigenvalue weighted by Crippen LogP contribution is 2.63. The third kappa shape index (κ3) is 3.10. The van der Waals surface area contributed by atoms with E-state index in [9.17, 15) is 4.79 Å². The number of hydrogen-bond donors (Lipinski definition) is 1. The first-order valence-corrected chi connectivity index (χ1v) is 8.25. The van der Waals surface area contributed by atoms with E-state index in [2.05, 4.69) is 31.0 Å². The maximum Gasteiger partial charge on any atom is 0.229 e. The van der Waals surface area contributed by atoms with E-state index in [1.165, 1.54) is 12.8 Å². The summed E-state index contributed by atoms with van der Waals surface area (Å²) >= 11 is 12.1. The zero-order valence-corrected chi connectivity index (χ0v) is 14.4. The van der Waals surface area contributed by atoms with Gasteiger partial charge in [-0.25, -0.2) is 0 Å². The van der Waals surface area contributed by atoms with E-state index in [-0.39, 0.29) is 11.4 Å². The van der Waals surface area contributed by atoms with E-state index in [4.69, 9.17) is 23.2 Å². The predicted octanol–water partition coefficient (Wildman–Crippen LogP) is 3.20. The number of likely N-dealkylation sites (tertiary alicyclic amines) is 1. The molecule has 1 aliphatic carbocycles. The van der Waals surface area contributed by atoms with Crippen molar-refractivity contribution in [3.63, 3.8) is 0 Å². The lowest BCUT2D eigenvalue weighted by molar-refractivity contribution is -0.126. The Bertz CT molecular complexity index is 397. The highest BCUT2D eigenvalue weighted by atomic mass is 35.5. The molecule has 20 heavy (non-hydrogen) atoms. The maximum absolute atomic E-state index is 12.2. The lowest BCUT2D eigenvalue weighted by Crippen LogP contribution is -2.55. The second-order valence-electron chi connectivity index (χ2n) is 7.40. The summed E-state index contributed by atoms with van der Waals surface area (Å²) in [6.07, 6.45) is 3.08. The van der Waals surface area contributed by atoms with Crippen LogP contribution in [-0.4, -0.2) is 40.3 Å². The molecule has 1 amide bonds. The first kappa shape index (κ1) is 16.4. The molecule has 1 saturated carbocycles. The summed E-state index contributed by atoms with van der Waals surface area (Å²) in [5.41, 5.74) is -0.655. The van der Waals surface area contributed by atoms with Gasteiger partial charge in [-0.3, -0.25) is 9.69 Å². The van der Waals surface area contributed by atoms with Crippen molar-refractivity contribution >= 4 is 29.1 Å². The zero-order valence-electron chi connectivity index (χ0n) is 12.9. The van der Waals surface area contributed by atoms with Crippen LogP contribution in [0.1, 0.15) is 47.0 Å². The van der Waals surface area contributed by atoms with Gasteiger partial charge in [-0.2, -0.15) is 0 Å². The molecular weight excluding hydrogens is 295 g/mol. The topological polar surface area (TPSA) is 32.3 Å². The number of hydrogen-bond acceptors (Lipinski definition) is 2. The summed E-state index contributed by atoms with van der Waals surface area (Å²) in [7, 11) is 0. The van der Waals surface area contributed by atoms with Gasteiger partial charge in [-0.05, 0) is 52.5 Å². The molecular formula is C15H26Cl2N2O. The van der Waals surface area contributed by atoms with Crippen LogP contribution in [-0.2, 0) is 4.79 Å². The van der Waals surface area contributed by atoms with Crippen LogP contribution in [0, 0.1) is 11.3 Å². The number of halogens is 2. The van der Waals surface area contributed by atoms with Crippen LogP contribution in [0.5, 0.6) is 0 Å². The molecule has 3 nitrogen and oxygen atoms in total. The fourth-order valence-corrected chi connectivity index (χ4v) is 3.70. The Morgan fingerprint density at radius 1 is 1.45 bits per heavy atom. The van der Waals surface area contributed by atoms with Gasteiger partial charge in [0.25, 0.3) is 0 Å². The molecule has 0 bridgehead atoms. The van der Waals surface area contributed by atoms with Crippen LogP contribution < -0.4 is 5.32 Å². The number of alkyl halides is 2. The largest absolute Gasteiger partial charge is 0.354 e. The highest BCUT2D eigenvalue weighted by molar-refractivity contribution is 6.53. The summed E-state index contributed by atoms with van der Waals surface area (Å²) in [6.45, 7) is 11.4. The van der Waals surface area contributed by atoms with Gasteiger partial charge in [0.2, 0.25) is 5.91 Å². The first-order chi connectivity index (χ1) is 9.08. The van der Waals surface area contributed by atoms with Crippen molar-refractivity contribution in [1.29, 1.82) is 0 Å². The van der Waals surface area contributed by atoms with Crippen molar-refractivity contribution in [3.05, 3.63) is 0 Å². The van der Waals surface area contributed by atoms with Crippen LogP contribution in [0.15, 0.2) is 0 Å². The summed E-state index contributed by atoms with van der Waals surface area (Å²) < 4.78 is -0.888.